The lowest BCUT2D eigenvalue weighted by Crippen LogP contribution is -2.32. The Morgan fingerprint density at radius 1 is 1.47 bits per heavy atom. The summed E-state index contributed by atoms with van der Waals surface area (Å²) in [7, 11) is 0. The molecule has 0 amide bonds. The Morgan fingerprint density at radius 2 is 2.29 bits per heavy atom. The zero-order chi connectivity index (χ0) is 12.0. The minimum absolute atomic E-state index is 0.0869. The molecule has 1 saturated heterocycles. The molecule has 0 bridgehead atoms. The molecule has 3 heteroatoms. The van der Waals surface area contributed by atoms with Crippen LogP contribution in [0.15, 0.2) is 34.7 Å². The van der Waals surface area contributed by atoms with Crippen LogP contribution in [-0.4, -0.2) is 5.97 Å². The summed E-state index contributed by atoms with van der Waals surface area (Å²) in [5.74, 6) is -0.177. The Balaban J connectivity index is 2.05. The fourth-order valence-electron chi connectivity index (χ4n) is 3.32. The van der Waals surface area contributed by atoms with Crippen LogP contribution in [0, 0.1) is 11.3 Å². The molecule has 90 valence electrons. The van der Waals surface area contributed by atoms with E-state index in [0.29, 0.717) is 0 Å². The summed E-state index contributed by atoms with van der Waals surface area (Å²) in [6, 6.07) is 1.89. The number of carbonyl (C=O) groups is 1. The van der Waals surface area contributed by atoms with Gasteiger partial charge in [0.15, 0.2) is 0 Å². The number of allylic oxidation sites excluding steroid dienone is 1. The number of hydrogen-bond acceptors (Lipinski definition) is 3. The highest BCUT2D eigenvalue weighted by atomic mass is 16.6. The van der Waals surface area contributed by atoms with Crippen LogP contribution in [0.1, 0.15) is 38.4 Å². The molecule has 1 aromatic heterocycles. The van der Waals surface area contributed by atoms with Crippen molar-refractivity contribution in [2.24, 2.45) is 11.3 Å². The largest absolute Gasteiger partial charge is 0.472 e. The minimum atomic E-state index is -0.164. The summed E-state index contributed by atoms with van der Waals surface area (Å²) < 4.78 is 10.7. The number of ether oxygens (including phenoxy) is 1. The SMILES string of the molecule is CC1=CCC[C@]2(C)C1C(=O)O[C@H]2c1ccoc1. The normalized spacial score (nSPS) is 36.4. The topological polar surface area (TPSA) is 39.4 Å². The molecule has 1 aliphatic carbocycles. The van der Waals surface area contributed by atoms with Crippen molar-refractivity contribution in [3.63, 3.8) is 0 Å². The third-order valence-corrected chi connectivity index (χ3v) is 4.18. The van der Waals surface area contributed by atoms with Crippen molar-refractivity contribution in [3.8, 4) is 0 Å². The molecule has 1 fully saturated rings. The molecule has 0 radical (unpaired) electrons. The monoisotopic (exact) mass is 232 g/mol. The van der Waals surface area contributed by atoms with Gasteiger partial charge < -0.3 is 9.15 Å². The molecule has 3 atom stereocenters. The van der Waals surface area contributed by atoms with Gasteiger partial charge in [0, 0.05) is 11.0 Å². The third-order valence-electron chi connectivity index (χ3n) is 4.18. The van der Waals surface area contributed by atoms with Crippen LogP contribution in [0.25, 0.3) is 0 Å². The van der Waals surface area contributed by atoms with Gasteiger partial charge in [-0.15, -0.1) is 0 Å². The minimum Gasteiger partial charge on any atom is -0.472 e. The lowest BCUT2D eigenvalue weighted by atomic mass is 9.65. The quantitative estimate of drug-likeness (QED) is 0.551. The molecule has 1 unspecified atom stereocenters. The second-order valence-corrected chi connectivity index (χ2v) is 5.30. The van der Waals surface area contributed by atoms with Crippen LogP contribution in [0.5, 0.6) is 0 Å². The van der Waals surface area contributed by atoms with E-state index in [0.717, 1.165) is 24.0 Å². The smallest absolute Gasteiger partial charge is 0.314 e. The highest BCUT2D eigenvalue weighted by molar-refractivity contribution is 5.80. The fraction of sp³-hybridized carbons (Fsp3) is 0.500. The van der Waals surface area contributed by atoms with E-state index >= 15 is 0 Å². The first kappa shape index (κ1) is 10.6. The average molecular weight is 232 g/mol. The van der Waals surface area contributed by atoms with Gasteiger partial charge in [-0.3, -0.25) is 4.79 Å². The molecule has 3 nitrogen and oxygen atoms in total. The number of esters is 1. The Bertz CT molecular complexity index is 472. The maximum absolute atomic E-state index is 12.0. The first-order chi connectivity index (χ1) is 8.13. The lowest BCUT2D eigenvalue weighted by molar-refractivity contribution is -0.143. The van der Waals surface area contributed by atoms with Crippen LogP contribution >= 0.6 is 0 Å². The molecule has 2 aliphatic rings. The van der Waals surface area contributed by atoms with E-state index in [9.17, 15) is 4.79 Å². The third kappa shape index (κ3) is 1.38. The summed E-state index contributed by atoms with van der Waals surface area (Å²) in [6.45, 7) is 4.18. The van der Waals surface area contributed by atoms with Gasteiger partial charge in [-0.2, -0.15) is 0 Å². The van der Waals surface area contributed by atoms with Gasteiger partial charge in [-0.25, -0.2) is 0 Å². The molecule has 0 N–H and O–H groups in total. The maximum atomic E-state index is 12.0. The fourth-order valence-corrected chi connectivity index (χ4v) is 3.32. The molecular formula is C14H16O3. The summed E-state index contributed by atoms with van der Waals surface area (Å²) in [5, 5.41) is 0. The van der Waals surface area contributed by atoms with E-state index in [4.69, 9.17) is 9.15 Å². The number of carbonyl (C=O) groups excluding carboxylic acids is 1. The van der Waals surface area contributed by atoms with Crippen molar-refractivity contribution >= 4 is 5.97 Å². The van der Waals surface area contributed by atoms with Crippen molar-refractivity contribution in [2.45, 2.75) is 32.8 Å². The Kier molecular flexibility index (Phi) is 2.18. The van der Waals surface area contributed by atoms with Crippen LogP contribution in [0.4, 0.5) is 0 Å². The molecule has 1 aliphatic heterocycles. The summed E-state index contributed by atoms with van der Waals surface area (Å²) >= 11 is 0. The zero-order valence-electron chi connectivity index (χ0n) is 10.1. The Labute approximate surface area is 100 Å². The maximum Gasteiger partial charge on any atom is 0.314 e. The second-order valence-electron chi connectivity index (χ2n) is 5.30. The van der Waals surface area contributed by atoms with Crippen LogP contribution in [-0.2, 0) is 9.53 Å². The van der Waals surface area contributed by atoms with Crippen LogP contribution < -0.4 is 0 Å². The van der Waals surface area contributed by atoms with Gasteiger partial charge in [0.05, 0.1) is 18.4 Å². The molecule has 0 spiro atoms. The molecule has 0 saturated carbocycles. The van der Waals surface area contributed by atoms with E-state index in [1.807, 2.05) is 13.0 Å². The summed E-state index contributed by atoms with van der Waals surface area (Å²) in [4.78, 5) is 12.0. The van der Waals surface area contributed by atoms with Gasteiger partial charge in [-0.1, -0.05) is 18.6 Å². The molecule has 1 aromatic rings. The van der Waals surface area contributed by atoms with Crippen molar-refractivity contribution in [1.82, 2.24) is 0 Å². The van der Waals surface area contributed by atoms with E-state index in [2.05, 4.69) is 13.0 Å². The summed E-state index contributed by atoms with van der Waals surface area (Å²) in [6.07, 6.45) is 7.30. The van der Waals surface area contributed by atoms with E-state index in [1.165, 1.54) is 0 Å². The molecule has 3 rings (SSSR count). The highest BCUT2D eigenvalue weighted by Gasteiger charge is 2.56. The number of furan rings is 1. The lowest BCUT2D eigenvalue weighted by Gasteiger charge is -2.35. The Morgan fingerprint density at radius 3 is 3.00 bits per heavy atom. The summed E-state index contributed by atoms with van der Waals surface area (Å²) in [5.41, 5.74) is 1.99. The van der Waals surface area contributed by atoms with Crippen molar-refractivity contribution in [3.05, 3.63) is 35.8 Å². The molecule has 2 heterocycles. The van der Waals surface area contributed by atoms with E-state index in [1.54, 1.807) is 12.5 Å². The Hall–Kier alpha value is -1.51. The van der Waals surface area contributed by atoms with Gasteiger partial charge in [-0.05, 0) is 25.8 Å². The number of rotatable bonds is 1. The predicted octanol–water partition coefficient (Wildman–Crippen LogP) is 3.24. The highest BCUT2D eigenvalue weighted by Crippen LogP contribution is 2.56. The second kappa shape index (κ2) is 3.49. The standard InChI is InChI=1S/C14H16O3/c1-9-4-3-6-14(2)11(9)13(15)17-12(14)10-5-7-16-8-10/h4-5,7-8,11-12H,3,6H2,1-2H3/t11?,12-,14+/m0/s1. The van der Waals surface area contributed by atoms with Gasteiger partial charge >= 0.3 is 5.97 Å². The van der Waals surface area contributed by atoms with Gasteiger partial charge in [0.25, 0.3) is 0 Å². The van der Waals surface area contributed by atoms with Gasteiger partial charge in [0.1, 0.15) is 6.10 Å². The first-order valence-electron chi connectivity index (χ1n) is 6.02. The predicted molar refractivity (Wildman–Crippen MR) is 62.1 cm³/mol. The van der Waals surface area contributed by atoms with Crippen LogP contribution in [0.3, 0.4) is 0 Å². The number of fused-ring (bicyclic) bond motifs is 1. The molecular weight excluding hydrogens is 216 g/mol. The zero-order valence-corrected chi connectivity index (χ0v) is 10.1. The molecule has 17 heavy (non-hydrogen) atoms. The van der Waals surface area contributed by atoms with Crippen LogP contribution in [0.2, 0.25) is 0 Å². The van der Waals surface area contributed by atoms with E-state index < -0.39 is 0 Å². The first-order valence-corrected chi connectivity index (χ1v) is 6.02. The van der Waals surface area contributed by atoms with E-state index in [-0.39, 0.29) is 23.4 Å². The van der Waals surface area contributed by atoms with Gasteiger partial charge in [0.2, 0.25) is 0 Å². The number of cyclic esters (lactones) is 1. The van der Waals surface area contributed by atoms with Crippen molar-refractivity contribution in [2.75, 3.05) is 0 Å². The van der Waals surface area contributed by atoms with Crippen molar-refractivity contribution < 1.29 is 13.9 Å². The van der Waals surface area contributed by atoms with Crippen molar-refractivity contribution in [1.29, 1.82) is 0 Å². The number of hydrogen-bond donors (Lipinski definition) is 0. The average Bonchev–Trinajstić information content (AvgIpc) is 2.85. The molecule has 0 aromatic carbocycles.